The third-order valence-electron chi connectivity index (χ3n) is 3.36. The predicted octanol–water partition coefficient (Wildman–Crippen LogP) is 3.09. The highest BCUT2D eigenvalue weighted by atomic mass is 79.9. The molecule has 0 amide bonds. The molecule has 2 aromatic heterocycles. The molecule has 0 aliphatic heterocycles. The number of thioether (sulfide) groups is 1. The van der Waals surface area contributed by atoms with E-state index in [9.17, 15) is 4.79 Å². The summed E-state index contributed by atoms with van der Waals surface area (Å²) in [6.45, 7) is 3.71. The number of aromatic nitrogens is 4. The lowest BCUT2D eigenvalue weighted by atomic mass is 10.2. The largest absolute Gasteiger partial charge is 0.290 e. The van der Waals surface area contributed by atoms with Crippen molar-refractivity contribution in [3.63, 3.8) is 0 Å². The van der Waals surface area contributed by atoms with E-state index in [1.807, 2.05) is 23.5 Å². The van der Waals surface area contributed by atoms with E-state index >= 15 is 0 Å². The molecule has 5 nitrogen and oxygen atoms in total. The predicted molar refractivity (Wildman–Crippen MR) is 86.8 cm³/mol. The number of halogens is 1. The fourth-order valence-electron chi connectivity index (χ4n) is 2.00. The normalized spacial score (nSPS) is 11.2. The maximum Gasteiger partial charge on any atom is 0.255 e. The maximum absolute atomic E-state index is 11.7. The second kappa shape index (κ2) is 5.65. The first-order chi connectivity index (χ1) is 10.1. The van der Waals surface area contributed by atoms with Gasteiger partial charge in [0.2, 0.25) is 5.78 Å². The molecular formula is C14H13BrN4OS. The second-order valence-electron chi connectivity index (χ2n) is 4.72. The summed E-state index contributed by atoms with van der Waals surface area (Å²) < 4.78 is 2.95. The van der Waals surface area contributed by atoms with E-state index in [-0.39, 0.29) is 5.56 Å². The van der Waals surface area contributed by atoms with Gasteiger partial charge in [-0.2, -0.15) is 0 Å². The van der Waals surface area contributed by atoms with E-state index < -0.39 is 0 Å². The highest BCUT2D eigenvalue weighted by Gasteiger charge is 2.12. The quantitative estimate of drug-likeness (QED) is 0.725. The molecule has 0 fully saturated rings. The first-order valence-electron chi connectivity index (χ1n) is 6.38. The number of rotatable bonds is 3. The van der Waals surface area contributed by atoms with Gasteiger partial charge in [0.25, 0.3) is 5.56 Å². The monoisotopic (exact) mass is 364 g/mol. The smallest absolute Gasteiger partial charge is 0.255 e. The molecular weight excluding hydrogens is 352 g/mol. The summed E-state index contributed by atoms with van der Waals surface area (Å²) in [6.07, 6.45) is 0. The summed E-state index contributed by atoms with van der Waals surface area (Å²) in [4.78, 5) is 14.5. The molecule has 0 unspecified atom stereocenters. The minimum absolute atomic E-state index is 0.114. The Morgan fingerprint density at radius 2 is 1.95 bits per heavy atom. The molecule has 21 heavy (non-hydrogen) atoms. The third-order valence-corrected chi connectivity index (χ3v) is 4.89. The molecule has 0 aliphatic rings. The van der Waals surface area contributed by atoms with Crippen LogP contribution in [-0.4, -0.2) is 19.6 Å². The van der Waals surface area contributed by atoms with Gasteiger partial charge in [0.15, 0.2) is 5.16 Å². The first-order valence-corrected chi connectivity index (χ1v) is 8.16. The summed E-state index contributed by atoms with van der Waals surface area (Å²) in [7, 11) is 0. The zero-order chi connectivity index (χ0) is 15.0. The molecule has 1 aromatic carbocycles. The number of nitrogens with one attached hydrogen (secondary N) is 1. The van der Waals surface area contributed by atoms with E-state index in [0.29, 0.717) is 11.3 Å². The Kier molecular flexibility index (Phi) is 3.86. The number of aromatic amines is 1. The summed E-state index contributed by atoms with van der Waals surface area (Å²) in [5, 5.41) is 8.99. The van der Waals surface area contributed by atoms with Gasteiger partial charge in [-0.3, -0.25) is 14.2 Å². The molecule has 0 spiro atoms. The average molecular weight is 365 g/mol. The van der Waals surface area contributed by atoms with Crippen molar-refractivity contribution in [2.45, 2.75) is 24.8 Å². The fourth-order valence-corrected chi connectivity index (χ4v) is 3.21. The molecule has 0 atom stereocenters. The van der Waals surface area contributed by atoms with Crippen molar-refractivity contribution in [2.24, 2.45) is 0 Å². The van der Waals surface area contributed by atoms with Crippen LogP contribution < -0.4 is 5.56 Å². The van der Waals surface area contributed by atoms with Crippen molar-refractivity contribution >= 4 is 33.5 Å². The zero-order valence-corrected chi connectivity index (χ0v) is 14.0. The molecule has 3 aromatic rings. The van der Waals surface area contributed by atoms with Gasteiger partial charge in [-0.25, -0.2) is 0 Å². The molecule has 108 valence electrons. The molecule has 1 N–H and O–H groups in total. The zero-order valence-electron chi connectivity index (χ0n) is 11.6. The van der Waals surface area contributed by atoms with E-state index in [1.165, 1.54) is 5.56 Å². The van der Waals surface area contributed by atoms with Gasteiger partial charge in [0.1, 0.15) is 0 Å². The fraction of sp³-hybridized carbons (Fsp3) is 0.214. The van der Waals surface area contributed by atoms with Crippen LogP contribution >= 0.6 is 27.7 Å². The summed E-state index contributed by atoms with van der Waals surface area (Å²) in [6, 6.07) is 8.18. The number of hydrogen-bond acceptors (Lipinski definition) is 4. The first kappa shape index (κ1) is 14.3. The number of nitrogens with zero attached hydrogens (tertiary/aromatic N) is 3. The molecule has 0 aliphatic carbocycles. The Morgan fingerprint density at radius 3 is 2.67 bits per heavy atom. The summed E-state index contributed by atoms with van der Waals surface area (Å²) >= 11 is 5.02. The molecule has 0 bridgehead atoms. The lowest BCUT2D eigenvalue weighted by molar-refractivity contribution is 0.875. The Labute approximate surface area is 133 Å². The van der Waals surface area contributed by atoms with Crippen LogP contribution in [0.5, 0.6) is 0 Å². The van der Waals surface area contributed by atoms with E-state index in [2.05, 4.69) is 43.2 Å². The Morgan fingerprint density at radius 1 is 1.24 bits per heavy atom. The van der Waals surface area contributed by atoms with Gasteiger partial charge >= 0.3 is 0 Å². The average Bonchev–Trinajstić information content (AvgIpc) is 2.87. The van der Waals surface area contributed by atoms with Crippen molar-refractivity contribution < 1.29 is 0 Å². The maximum atomic E-state index is 11.7. The number of aryl methyl sites for hydroxylation is 1. The lowest BCUT2D eigenvalue weighted by Crippen LogP contribution is -2.15. The van der Waals surface area contributed by atoms with Crippen LogP contribution in [0.2, 0.25) is 0 Å². The standard InChI is InChI=1S/C14H13BrN4OS/c1-8-9(2)19-13(16-12(8)20)17-18-14(19)21-7-10-3-5-11(15)6-4-10/h3-6H,7H2,1-2H3,(H,16,17,20). The van der Waals surface area contributed by atoms with Crippen LogP contribution in [-0.2, 0) is 5.75 Å². The third kappa shape index (κ3) is 2.75. The summed E-state index contributed by atoms with van der Waals surface area (Å²) in [5.74, 6) is 1.28. The number of hydrogen-bond donors (Lipinski definition) is 1. The topological polar surface area (TPSA) is 63.1 Å². The van der Waals surface area contributed by atoms with Crippen LogP contribution in [0.25, 0.3) is 5.78 Å². The molecule has 0 saturated carbocycles. The van der Waals surface area contributed by atoms with Crippen molar-refractivity contribution in [1.29, 1.82) is 0 Å². The van der Waals surface area contributed by atoms with Gasteiger partial charge < -0.3 is 0 Å². The van der Waals surface area contributed by atoms with Crippen LogP contribution in [0.4, 0.5) is 0 Å². The SMILES string of the molecule is Cc1c(C)n2c(SCc3ccc(Br)cc3)nnc2[nH]c1=O. The Hall–Kier alpha value is -1.60. The molecule has 3 rings (SSSR count). The van der Waals surface area contributed by atoms with E-state index in [0.717, 1.165) is 21.1 Å². The number of benzene rings is 1. The highest BCUT2D eigenvalue weighted by Crippen LogP contribution is 2.23. The molecule has 0 radical (unpaired) electrons. The van der Waals surface area contributed by atoms with Gasteiger partial charge in [-0.05, 0) is 31.5 Å². The highest BCUT2D eigenvalue weighted by molar-refractivity contribution is 9.10. The summed E-state index contributed by atoms with van der Waals surface area (Å²) in [5.41, 5.74) is 2.65. The number of fused-ring (bicyclic) bond motifs is 1. The molecule has 2 heterocycles. The van der Waals surface area contributed by atoms with Crippen molar-refractivity contribution in [3.05, 3.63) is 55.9 Å². The van der Waals surface area contributed by atoms with Crippen LogP contribution in [0, 0.1) is 13.8 Å². The Bertz CT molecular complexity index is 854. The van der Waals surface area contributed by atoms with E-state index in [1.54, 1.807) is 18.7 Å². The molecule has 0 saturated heterocycles. The van der Waals surface area contributed by atoms with Crippen molar-refractivity contribution in [2.75, 3.05) is 0 Å². The number of H-pyrrole nitrogens is 1. The van der Waals surface area contributed by atoms with Crippen LogP contribution in [0.3, 0.4) is 0 Å². The minimum Gasteiger partial charge on any atom is -0.290 e. The van der Waals surface area contributed by atoms with Gasteiger partial charge in [-0.15, -0.1) is 10.2 Å². The van der Waals surface area contributed by atoms with Gasteiger partial charge in [0, 0.05) is 21.5 Å². The van der Waals surface area contributed by atoms with Crippen molar-refractivity contribution in [3.8, 4) is 0 Å². The van der Waals surface area contributed by atoms with Crippen LogP contribution in [0.15, 0.2) is 38.7 Å². The van der Waals surface area contributed by atoms with Crippen LogP contribution in [0.1, 0.15) is 16.8 Å². The Balaban J connectivity index is 1.93. The molecule has 7 heteroatoms. The lowest BCUT2D eigenvalue weighted by Gasteiger charge is -2.05. The van der Waals surface area contributed by atoms with Gasteiger partial charge in [0.05, 0.1) is 0 Å². The second-order valence-corrected chi connectivity index (χ2v) is 6.58. The van der Waals surface area contributed by atoms with Crippen molar-refractivity contribution in [1.82, 2.24) is 19.6 Å². The van der Waals surface area contributed by atoms with Gasteiger partial charge in [-0.1, -0.05) is 39.8 Å². The minimum atomic E-state index is -0.114. The van der Waals surface area contributed by atoms with E-state index in [4.69, 9.17) is 0 Å².